The first-order valence-electron chi connectivity index (χ1n) is 9.10. The predicted octanol–water partition coefficient (Wildman–Crippen LogP) is 3.49. The first-order chi connectivity index (χ1) is 13.5. The second kappa shape index (κ2) is 6.88. The van der Waals surface area contributed by atoms with Crippen molar-refractivity contribution >= 4 is 34.3 Å². The summed E-state index contributed by atoms with van der Waals surface area (Å²) >= 11 is 0. The molecule has 0 spiro atoms. The van der Waals surface area contributed by atoms with Crippen molar-refractivity contribution in [3.05, 3.63) is 71.9 Å². The highest BCUT2D eigenvalue weighted by Crippen LogP contribution is 2.28. The van der Waals surface area contributed by atoms with Crippen LogP contribution in [-0.4, -0.2) is 33.6 Å². The number of benzene rings is 2. The highest BCUT2D eigenvalue weighted by molar-refractivity contribution is 6.23. The fourth-order valence-corrected chi connectivity index (χ4v) is 3.59. The van der Waals surface area contributed by atoms with E-state index >= 15 is 0 Å². The number of nitrogens with one attached hydrogen (secondary N) is 1. The molecule has 2 heterocycles. The second-order valence-corrected chi connectivity index (χ2v) is 7.08. The molecule has 1 atom stereocenters. The molecule has 1 aliphatic heterocycles. The maximum atomic E-state index is 13.1. The van der Waals surface area contributed by atoms with Crippen LogP contribution in [0.2, 0.25) is 0 Å². The van der Waals surface area contributed by atoms with Gasteiger partial charge in [-0.2, -0.15) is 0 Å². The van der Waals surface area contributed by atoms with Crippen molar-refractivity contribution in [1.29, 1.82) is 0 Å². The van der Waals surface area contributed by atoms with E-state index in [9.17, 15) is 14.4 Å². The van der Waals surface area contributed by atoms with Gasteiger partial charge < -0.3 is 5.32 Å². The standard InChI is InChI=1S/C22H19N3O3/c1-13(2)19(25-21(27)15-9-3-4-10-16(15)22(25)28)20(26)24-17-11-5-7-14-8-6-12-23-18(14)17/h3-13,19H,1-2H3,(H,24,26)/t19-/m0/s1. The number of pyridine rings is 1. The number of nitrogens with zero attached hydrogens (tertiary/aromatic N) is 2. The molecule has 0 saturated carbocycles. The maximum Gasteiger partial charge on any atom is 0.262 e. The molecule has 0 unspecified atom stereocenters. The van der Waals surface area contributed by atoms with Crippen LogP contribution in [0, 0.1) is 5.92 Å². The lowest BCUT2D eigenvalue weighted by Gasteiger charge is -2.28. The molecule has 3 amide bonds. The van der Waals surface area contributed by atoms with Crippen molar-refractivity contribution in [3.63, 3.8) is 0 Å². The van der Waals surface area contributed by atoms with Crippen molar-refractivity contribution in [2.75, 3.05) is 5.32 Å². The molecule has 0 fully saturated rings. The molecule has 6 heteroatoms. The Labute approximate surface area is 162 Å². The number of para-hydroxylation sites is 1. The Bertz CT molecular complexity index is 1070. The van der Waals surface area contributed by atoms with Gasteiger partial charge in [0.1, 0.15) is 6.04 Å². The summed E-state index contributed by atoms with van der Waals surface area (Å²) in [6, 6.07) is 14.9. The molecule has 0 aliphatic carbocycles. The van der Waals surface area contributed by atoms with Gasteiger partial charge in [0, 0.05) is 11.6 Å². The first kappa shape index (κ1) is 17.9. The van der Waals surface area contributed by atoms with Gasteiger partial charge in [-0.1, -0.05) is 44.2 Å². The summed E-state index contributed by atoms with van der Waals surface area (Å²) in [5.74, 6) is -1.55. The van der Waals surface area contributed by atoms with Gasteiger partial charge in [-0.15, -0.1) is 0 Å². The van der Waals surface area contributed by atoms with Gasteiger partial charge in [0.15, 0.2) is 0 Å². The van der Waals surface area contributed by atoms with Crippen molar-refractivity contribution in [2.45, 2.75) is 19.9 Å². The number of hydrogen-bond acceptors (Lipinski definition) is 4. The number of rotatable bonds is 4. The Hall–Kier alpha value is -3.54. The smallest absolute Gasteiger partial charge is 0.262 e. The molecule has 3 aromatic rings. The topological polar surface area (TPSA) is 79.4 Å². The average Bonchev–Trinajstić information content (AvgIpc) is 2.94. The van der Waals surface area contributed by atoms with E-state index in [1.165, 1.54) is 0 Å². The van der Waals surface area contributed by atoms with Gasteiger partial charge >= 0.3 is 0 Å². The second-order valence-electron chi connectivity index (χ2n) is 7.08. The summed E-state index contributed by atoms with van der Waals surface area (Å²) < 4.78 is 0. The Balaban J connectivity index is 1.68. The Morgan fingerprint density at radius 3 is 2.21 bits per heavy atom. The zero-order chi connectivity index (χ0) is 19.8. The fourth-order valence-electron chi connectivity index (χ4n) is 3.59. The van der Waals surface area contributed by atoms with E-state index in [-0.39, 0.29) is 5.92 Å². The minimum Gasteiger partial charge on any atom is -0.322 e. The molecular formula is C22H19N3O3. The Morgan fingerprint density at radius 2 is 1.57 bits per heavy atom. The van der Waals surface area contributed by atoms with Gasteiger partial charge in [-0.05, 0) is 30.2 Å². The number of carbonyl (C=O) groups is 3. The number of aromatic nitrogens is 1. The molecule has 0 bridgehead atoms. The largest absolute Gasteiger partial charge is 0.322 e. The molecule has 1 N–H and O–H groups in total. The zero-order valence-corrected chi connectivity index (χ0v) is 15.5. The molecule has 6 nitrogen and oxygen atoms in total. The summed E-state index contributed by atoms with van der Waals surface area (Å²) in [7, 11) is 0. The quantitative estimate of drug-likeness (QED) is 0.710. The molecule has 1 aromatic heterocycles. The summed E-state index contributed by atoms with van der Waals surface area (Å²) in [5, 5.41) is 3.75. The van der Waals surface area contributed by atoms with Crippen LogP contribution in [0.1, 0.15) is 34.6 Å². The van der Waals surface area contributed by atoms with Crippen LogP contribution in [-0.2, 0) is 4.79 Å². The lowest BCUT2D eigenvalue weighted by atomic mass is 10.0. The number of carbonyl (C=O) groups excluding carboxylic acids is 3. The number of amides is 3. The van der Waals surface area contributed by atoms with E-state index < -0.39 is 23.8 Å². The molecule has 28 heavy (non-hydrogen) atoms. The molecule has 0 radical (unpaired) electrons. The van der Waals surface area contributed by atoms with Gasteiger partial charge in [0.2, 0.25) is 5.91 Å². The number of imide groups is 1. The van der Waals surface area contributed by atoms with Crippen LogP contribution < -0.4 is 5.32 Å². The molecule has 0 saturated heterocycles. The molecule has 140 valence electrons. The van der Waals surface area contributed by atoms with Crippen LogP contribution in [0.25, 0.3) is 10.9 Å². The van der Waals surface area contributed by atoms with Crippen molar-refractivity contribution in [3.8, 4) is 0 Å². The van der Waals surface area contributed by atoms with E-state index in [2.05, 4.69) is 10.3 Å². The third-order valence-corrected chi connectivity index (χ3v) is 4.89. The molecule has 1 aliphatic rings. The Kier molecular flexibility index (Phi) is 4.39. The number of anilines is 1. The molecular weight excluding hydrogens is 354 g/mol. The van der Waals surface area contributed by atoms with E-state index in [1.54, 1.807) is 36.5 Å². The van der Waals surface area contributed by atoms with Crippen molar-refractivity contribution in [2.24, 2.45) is 5.92 Å². The maximum absolute atomic E-state index is 13.1. The van der Waals surface area contributed by atoms with Crippen LogP contribution in [0.4, 0.5) is 5.69 Å². The van der Waals surface area contributed by atoms with Gasteiger partial charge in [-0.3, -0.25) is 24.3 Å². The molecule has 4 rings (SSSR count). The summed E-state index contributed by atoms with van der Waals surface area (Å²) in [6.07, 6.45) is 1.65. The van der Waals surface area contributed by atoms with Gasteiger partial charge in [0.05, 0.1) is 22.3 Å². The SMILES string of the molecule is CC(C)[C@@H](C(=O)Nc1cccc2cccnc12)N1C(=O)c2ccccc2C1=O. The van der Waals surface area contributed by atoms with Crippen LogP contribution in [0.15, 0.2) is 60.8 Å². The van der Waals surface area contributed by atoms with E-state index in [4.69, 9.17) is 0 Å². The highest BCUT2D eigenvalue weighted by Gasteiger charge is 2.43. The lowest BCUT2D eigenvalue weighted by Crippen LogP contribution is -2.50. The fraction of sp³-hybridized carbons (Fsp3) is 0.182. The lowest BCUT2D eigenvalue weighted by molar-refractivity contribution is -0.121. The highest BCUT2D eigenvalue weighted by atomic mass is 16.2. The zero-order valence-electron chi connectivity index (χ0n) is 15.5. The third-order valence-electron chi connectivity index (χ3n) is 4.89. The van der Waals surface area contributed by atoms with Crippen LogP contribution in [0.3, 0.4) is 0 Å². The normalized spacial score (nSPS) is 14.5. The summed E-state index contributed by atoms with van der Waals surface area (Å²) in [4.78, 5) is 44.2. The predicted molar refractivity (Wildman–Crippen MR) is 106 cm³/mol. The minimum atomic E-state index is -0.925. The Morgan fingerprint density at radius 1 is 0.929 bits per heavy atom. The van der Waals surface area contributed by atoms with E-state index in [0.717, 1.165) is 10.3 Å². The van der Waals surface area contributed by atoms with Crippen molar-refractivity contribution in [1.82, 2.24) is 9.88 Å². The number of hydrogen-bond donors (Lipinski definition) is 1. The van der Waals surface area contributed by atoms with Crippen molar-refractivity contribution < 1.29 is 14.4 Å². The molecule has 2 aromatic carbocycles. The van der Waals surface area contributed by atoms with Gasteiger partial charge in [-0.25, -0.2) is 0 Å². The third kappa shape index (κ3) is 2.83. The minimum absolute atomic E-state index is 0.259. The van der Waals surface area contributed by atoms with Gasteiger partial charge in [0.25, 0.3) is 11.8 Å². The first-order valence-corrected chi connectivity index (χ1v) is 9.10. The van der Waals surface area contributed by atoms with E-state index in [0.29, 0.717) is 22.3 Å². The van der Waals surface area contributed by atoms with Crippen LogP contribution >= 0.6 is 0 Å². The average molecular weight is 373 g/mol. The summed E-state index contributed by atoms with van der Waals surface area (Å²) in [6.45, 7) is 3.63. The number of fused-ring (bicyclic) bond motifs is 2. The summed E-state index contributed by atoms with van der Waals surface area (Å²) in [5.41, 5.74) is 1.86. The van der Waals surface area contributed by atoms with Crippen LogP contribution in [0.5, 0.6) is 0 Å². The monoisotopic (exact) mass is 373 g/mol. The van der Waals surface area contributed by atoms with E-state index in [1.807, 2.05) is 38.1 Å².